The van der Waals surface area contributed by atoms with Crippen LogP contribution < -0.4 is 0 Å². The molecule has 1 unspecified atom stereocenters. The third-order valence-electron chi connectivity index (χ3n) is 3.27. The maximum absolute atomic E-state index is 12.3. The molecule has 1 aromatic heterocycles. The Morgan fingerprint density at radius 3 is 3.06 bits per heavy atom. The summed E-state index contributed by atoms with van der Waals surface area (Å²) in [6.07, 6.45) is 1.54. The van der Waals surface area contributed by atoms with Gasteiger partial charge in [-0.3, -0.25) is 4.79 Å². The number of hydrogen-bond donors (Lipinski definition) is 1. The van der Waals surface area contributed by atoms with E-state index in [4.69, 9.17) is 5.21 Å². The summed E-state index contributed by atoms with van der Waals surface area (Å²) in [5.41, 5.74) is 0.812. The van der Waals surface area contributed by atoms with Crippen LogP contribution in [0.1, 0.15) is 29.4 Å². The van der Waals surface area contributed by atoms with E-state index in [0.717, 1.165) is 21.5 Å². The predicted molar refractivity (Wildman–Crippen MR) is 75.5 cm³/mol. The van der Waals surface area contributed by atoms with Crippen molar-refractivity contribution in [3.05, 3.63) is 20.8 Å². The van der Waals surface area contributed by atoms with E-state index in [1.165, 1.54) is 11.3 Å². The van der Waals surface area contributed by atoms with Gasteiger partial charge in [-0.2, -0.15) is 0 Å². The topological polar surface area (TPSA) is 52.9 Å². The summed E-state index contributed by atoms with van der Waals surface area (Å²) < 4.78 is 0.854. The summed E-state index contributed by atoms with van der Waals surface area (Å²) in [5.74, 6) is 0.235. The molecule has 1 N–H and O–H groups in total. The highest BCUT2D eigenvalue weighted by molar-refractivity contribution is 9.10. The van der Waals surface area contributed by atoms with Gasteiger partial charge >= 0.3 is 0 Å². The van der Waals surface area contributed by atoms with Crippen LogP contribution >= 0.6 is 27.3 Å². The lowest BCUT2D eigenvalue weighted by Crippen LogP contribution is -2.43. The number of piperidine rings is 1. The number of rotatable bonds is 2. The van der Waals surface area contributed by atoms with Crippen LogP contribution in [-0.4, -0.2) is 34.8 Å². The number of carbonyl (C=O) groups excluding carboxylic acids is 1. The number of hydrogen-bond acceptors (Lipinski definition) is 4. The lowest BCUT2D eigenvalue weighted by Gasteiger charge is -2.32. The summed E-state index contributed by atoms with van der Waals surface area (Å²) in [6, 6.07) is 1.89. The minimum atomic E-state index is 0.0623. The van der Waals surface area contributed by atoms with Crippen LogP contribution in [0.4, 0.5) is 0 Å². The molecule has 18 heavy (non-hydrogen) atoms. The van der Waals surface area contributed by atoms with Gasteiger partial charge in [-0.25, -0.2) is 0 Å². The molecule has 0 spiro atoms. The van der Waals surface area contributed by atoms with Crippen molar-refractivity contribution >= 4 is 38.9 Å². The fraction of sp³-hybridized carbons (Fsp3) is 0.500. The standard InChI is InChI=1S/C12H15BrN2O2S/c1-2-8-7-15(5-3-10(8)14-17)12(16)11-9(13)4-6-18-11/h4,6,8,17H,2-3,5,7H2,1H3/b14-10+. The number of halogens is 1. The summed E-state index contributed by atoms with van der Waals surface area (Å²) in [5, 5.41) is 14.2. The normalized spacial score (nSPS) is 22.4. The third-order valence-corrected chi connectivity index (χ3v) is 5.10. The van der Waals surface area contributed by atoms with E-state index in [2.05, 4.69) is 21.1 Å². The SMILES string of the molecule is CCC1CN(C(=O)c2sccc2Br)CC/C1=N\O. The Bertz CT molecular complexity index is 472. The molecule has 1 aliphatic heterocycles. The van der Waals surface area contributed by atoms with Gasteiger partial charge in [-0.1, -0.05) is 12.1 Å². The van der Waals surface area contributed by atoms with E-state index in [0.29, 0.717) is 19.5 Å². The van der Waals surface area contributed by atoms with Crippen molar-refractivity contribution in [3.8, 4) is 0 Å². The average Bonchev–Trinajstić information content (AvgIpc) is 2.83. The number of thiophene rings is 1. The van der Waals surface area contributed by atoms with Gasteiger partial charge in [0.1, 0.15) is 4.88 Å². The first-order valence-corrected chi connectivity index (χ1v) is 7.57. The van der Waals surface area contributed by atoms with Gasteiger partial charge in [0.05, 0.1) is 5.71 Å². The first kappa shape index (κ1) is 13.5. The van der Waals surface area contributed by atoms with Crippen molar-refractivity contribution in [3.63, 3.8) is 0 Å². The van der Waals surface area contributed by atoms with Crippen LogP contribution in [0.5, 0.6) is 0 Å². The number of carbonyl (C=O) groups is 1. The summed E-state index contributed by atoms with van der Waals surface area (Å²) in [7, 11) is 0. The molecular formula is C12H15BrN2O2S. The second-order valence-corrected chi connectivity index (χ2v) is 6.07. The minimum Gasteiger partial charge on any atom is -0.411 e. The molecule has 0 radical (unpaired) electrons. The third kappa shape index (κ3) is 2.59. The van der Waals surface area contributed by atoms with Crippen molar-refractivity contribution in [1.82, 2.24) is 4.90 Å². The lowest BCUT2D eigenvalue weighted by atomic mass is 9.93. The maximum atomic E-state index is 12.3. The highest BCUT2D eigenvalue weighted by Gasteiger charge is 2.29. The van der Waals surface area contributed by atoms with Crippen molar-refractivity contribution in [1.29, 1.82) is 0 Å². The summed E-state index contributed by atoms with van der Waals surface area (Å²) >= 11 is 4.84. The van der Waals surface area contributed by atoms with Crippen LogP contribution in [0.2, 0.25) is 0 Å². The van der Waals surface area contributed by atoms with Gasteiger partial charge in [0, 0.05) is 29.9 Å². The molecule has 0 aliphatic carbocycles. The maximum Gasteiger partial charge on any atom is 0.265 e. The summed E-state index contributed by atoms with van der Waals surface area (Å²) in [4.78, 5) is 14.9. The fourth-order valence-corrected chi connectivity index (χ4v) is 3.69. The second-order valence-electron chi connectivity index (χ2n) is 4.30. The molecule has 6 heteroatoms. The largest absolute Gasteiger partial charge is 0.411 e. The molecule has 0 saturated carbocycles. The van der Waals surface area contributed by atoms with E-state index in [1.807, 2.05) is 23.3 Å². The van der Waals surface area contributed by atoms with E-state index in [9.17, 15) is 4.79 Å². The van der Waals surface area contributed by atoms with E-state index < -0.39 is 0 Å². The molecule has 0 aromatic carbocycles. The van der Waals surface area contributed by atoms with Gasteiger partial charge in [-0.15, -0.1) is 11.3 Å². The fourth-order valence-electron chi connectivity index (χ4n) is 2.19. The van der Waals surface area contributed by atoms with Crippen LogP contribution in [-0.2, 0) is 0 Å². The molecule has 2 rings (SSSR count). The quantitative estimate of drug-likeness (QED) is 0.668. The number of nitrogens with zero attached hydrogens (tertiary/aromatic N) is 2. The van der Waals surface area contributed by atoms with Crippen LogP contribution in [0, 0.1) is 5.92 Å². The van der Waals surface area contributed by atoms with E-state index >= 15 is 0 Å². The van der Waals surface area contributed by atoms with Gasteiger partial charge in [0.15, 0.2) is 0 Å². The zero-order valence-corrected chi connectivity index (χ0v) is 12.5. The molecule has 98 valence electrons. The van der Waals surface area contributed by atoms with Crippen LogP contribution in [0.3, 0.4) is 0 Å². The Labute approximate surface area is 118 Å². The first-order valence-electron chi connectivity index (χ1n) is 5.90. The second kappa shape index (κ2) is 5.84. The van der Waals surface area contributed by atoms with Crippen LogP contribution in [0.15, 0.2) is 21.1 Å². The highest BCUT2D eigenvalue weighted by atomic mass is 79.9. The van der Waals surface area contributed by atoms with Crippen LogP contribution in [0.25, 0.3) is 0 Å². The van der Waals surface area contributed by atoms with E-state index in [-0.39, 0.29) is 11.8 Å². The monoisotopic (exact) mass is 330 g/mol. The number of likely N-dealkylation sites (tertiary alicyclic amines) is 1. The van der Waals surface area contributed by atoms with Gasteiger partial charge in [0.2, 0.25) is 0 Å². The first-order chi connectivity index (χ1) is 8.67. The molecule has 1 amide bonds. The van der Waals surface area contributed by atoms with Gasteiger partial charge < -0.3 is 10.1 Å². The summed E-state index contributed by atoms with van der Waals surface area (Å²) in [6.45, 7) is 3.31. The molecule has 1 atom stereocenters. The lowest BCUT2D eigenvalue weighted by molar-refractivity contribution is 0.0733. The van der Waals surface area contributed by atoms with Gasteiger partial charge in [-0.05, 0) is 33.8 Å². The Kier molecular flexibility index (Phi) is 4.40. The smallest absolute Gasteiger partial charge is 0.265 e. The Hall–Kier alpha value is -0.880. The molecule has 1 aromatic rings. The van der Waals surface area contributed by atoms with Crippen molar-refractivity contribution in [2.24, 2.45) is 11.1 Å². The average molecular weight is 331 g/mol. The van der Waals surface area contributed by atoms with Crippen molar-refractivity contribution < 1.29 is 10.0 Å². The molecule has 1 saturated heterocycles. The number of amides is 1. The van der Waals surface area contributed by atoms with E-state index in [1.54, 1.807) is 0 Å². The molecule has 1 aliphatic rings. The molecule has 1 fully saturated rings. The molecule has 2 heterocycles. The minimum absolute atomic E-state index is 0.0623. The highest BCUT2D eigenvalue weighted by Crippen LogP contribution is 2.26. The zero-order valence-electron chi connectivity index (χ0n) is 10.1. The zero-order chi connectivity index (χ0) is 13.1. The van der Waals surface area contributed by atoms with Crippen molar-refractivity contribution in [2.75, 3.05) is 13.1 Å². The Balaban J connectivity index is 2.12. The molecular weight excluding hydrogens is 316 g/mol. The number of oxime groups is 1. The molecule has 4 nitrogen and oxygen atoms in total. The predicted octanol–water partition coefficient (Wildman–Crippen LogP) is 3.21. The Morgan fingerprint density at radius 1 is 1.72 bits per heavy atom. The Morgan fingerprint density at radius 2 is 2.50 bits per heavy atom. The molecule has 0 bridgehead atoms. The van der Waals surface area contributed by atoms with Gasteiger partial charge in [0.25, 0.3) is 5.91 Å². The van der Waals surface area contributed by atoms with Crippen molar-refractivity contribution in [2.45, 2.75) is 19.8 Å².